The molecule has 0 aromatic carbocycles. The Hall–Kier alpha value is -1.56. The van der Waals surface area contributed by atoms with E-state index in [4.69, 9.17) is 9.84 Å². The fourth-order valence-corrected chi connectivity index (χ4v) is 0.836. The maximum Gasteiger partial charge on any atom is 0.408 e. The molecule has 0 aliphatic heterocycles. The Bertz CT molecular complexity index is 253. The van der Waals surface area contributed by atoms with E-state index in [9.17, 15) is 9.59 Å². The van der Waals surface area contributed by atoms with Gasteiger partial charge in [0.15, 0.2) is 5.54 Å². The largest absolute Gasteiger partial charge is 0.479 e. The third-order valence-electron chi connectivity index (χ3n) is 1.62. The summed E-state index contributed by atoms with van der Waals surface area (Å²) in [5, 5.41) is 11.1. The van der Waals surface area contributed by atoms with Crippen LogP contribution in [0.4, 0.5) is 4.79 Å². The first-order valence-electron chi connectivity index (χ1n) is 4.24. The van der Waals surface area contributed by atoms with Crippen LogP contribution in [0.1, 0.15) is 6.92 Å². The van der Waals surface area contributed by atoms with Gasteiger partial charge in [-0.05, 0) is 6.92 Å². The summed E-state index contributed by atoms with van der Waals surface area (Å²) in [5.74, 6) is -1.19. The van der Waals surface area contributed by atoms with Crippen molar-refractivity contribution in [1.29, 1.82) is 0 Å². The normalized spacial score (nSPS) is 13.7. The topological polar surface area (TPSA) is 84.9 Å². The molecule has 1 amide bonds. The van der Waals surface area contributed by atoms with Gasteiger partial charge in [0.1, 0.15) is 6.61 Å². The molecule has 0 rings (SSSR count). The average molecular weight is 217 g/mol. The predicted octanol–water partition coefficient (Wildman–Crippen LogP) is 0.388. The first-order valence-corrected chi connectivity index (χ1v) is 4.24. The van der Waals surface area contributed by atoms with Crippen LogP contribution in [0, 0.1) is 0 Å². The zero-order valence-corrected chi connectivity index (χ0v) is 8.78. The van der Waals surface area contributed by atoms with Crippen molar-refractivity contribution in [2.24, 2.45) is 0 Å². The van der Waals surface area contributed by atoms with Crippen LogP contribution < -0.4 is 5.32 Å². The van der Waals surface area contributed by atoms with E-state index in [0.29, 0.717) is 0 Å². The highest BCUT2D eigenvalue weighted by atomic mass is 16.5. The number of hydrogen-bond acceptors (Lipinski definition) is 4. The molecule has 1 atom stereocenters. The first-order chi connectivity index (χ1) is 6.96. The number of rotatable bonds is 6. The summed E-state index contributed by atoms with van der Waals surface area (Å²) in [5.41, 5.74) is -1.49. The highest BCUT2D eigenvalue weighted by molar-refractivity contribution is 5.84. The molecule has 0 saturated heterocycles. The standard InChI is InChI=1S/C9H15NO5/c1-4-5-15-8(13)10-9(2,6-14-3)7(11)12/h4H,1,5-6H2,2-3H3,(H,10,13)(H,11,12). The zero-order chi connectivity index (χ0) is 11.9. The number of methoxy groups -OCH3 is 1. The van der Waals surface area contributed by atoms with Crippen LogP contribution in [0.25, 0.3) is 0 Å². The molecule has 15 heavy (non-hydrogen) atoms. The Morgan fingerprint density at radius 1 is 1.60 bits per heavy atom. The SMILES string of the molecule is C=CCOC(=O)NC(C)(COC)C(=O)O. The summed E-state index contributed by atoms with van der Waals surface area (Å²) in [6, 6.07) is 0. The van der Waals surface area contributed by atoms with Crippen molar-refractivity contribution in [2.75, 3.05) is 20.3 Å². The van der Waals surface area contributed by atoms with E-state index >= 15 is 0 Å². The number of carbonyl (C=O) groups excluding carboxylic acids is 1. The summed E-state index contributed by atoms with van der Waals surface area (Å²) in [6.45, 7) is 4.56. The summed E-state index contributed by atoms with van der Waals surface area (Å²) in [4.78, 5) is 21.9. The van der Waals surface area contributed by atoms with E-state index in [-0.39, 0.29) is 13.2 Å². The molecule has 2 N–H and O–H groups in total. The molecule has 0 spiro atoms. The van der Waals surface area contributed by atoms with Gasteiger partial charge in [0.25, 0.3) is 0 Å². The summed E-state index contributed by atoms with van der Waals surface area (Å²) in [6.07, 6.45) is 0.561. The van der Waals surface area contributed by atoms with Crippen LogP contribution in [0.15, 0.2) is 12.7 Å². The number of carboxylic acid groups (broad SMARTS) is 1. The number of amides is 1. The molecule has 0 fully saturated rings. The molecule has 1 unspecified atom stereocenters. The molecular formula is C9H15NO5. The van der Waals surface area contributed by atoms with Crippen molar-refractivity contribution in [3.8, 4) is 0 Å². The minimum atomic E-state index is -1.49. The van der Waals surface area contributed by atoms with Gasteiger partial charge in [-0.25, -0.2) is 9.59 Å². The number of carboxylic acids is 1. The van der Waals surface area contributed by atoms with Crippen molar-refractivity contribution in [1.82, 2.24) is 5.32 Å². The van der Waals surface area contributed by atoms with Crippen molar-refractivity contribution < 1.29 is 24.2 Å². The van der Waals surface area contributed by atoms with E-state index in [1.807, 2.05) is 0 Å². The average Bonchev–Trinajstić information content (AvgIpc) is 2.14. The van der Waals surface area contributed by atoms with Gasteiger partial charge < -0.3 is 19.9 Å². The first kappa shape index (κ1) is 13.4. The van der Waals surface area contributed by atoms with Crippen LogP contribution in [-0.2, 0) is 14.3 Å². The monoisotopic (exact) mass is 217 g/mol. The quantitative estimate of drug-likeness (QED) is 0.628. The number of hydrogen-bond donors (Lipinski definition) is 2. The van der Waals surface area contributed by atoms with Gasteiger partial charge in [0.2, 0.25) is 0 Å². The number of aliphatic carboxylic acids is 1. The zero-order valence-electron chi connectivity index (χ0n) is 8.78. The lowest BCUT2D eigenvalue weighted by Crippen LogP contribution is -2.55. The number of ether oxygens (including phenoxy) is 2. The van der Waals surface area contributed by atoms with Gasteiger partial charge in [-0.2, -0.15) is 0 Å². The Morgan fingerprint density at radius 3 is 2.60 bits per heavy atom. The van der Waals surface area contributed by atoms with Crippen LogP contribution in [0.2, 0.25) is 0 Å². The lowest BCUT2D eigenvalue weighted by atomic mass is 10.1. The molecule has 6 nitrogen and oxygen atoms in total. The summed E-state index contributed by atoms with van der Waals surface area (Å²) < 4.78 is 9.30. The third-order valence-corrected chi connectivity index (χ3v) is 1.62. The van der Waals surface area contributed by atoms with E-state index in [0.717, 1.165) is 0 Å². The number of alkyl carbamates (subject to hydrolysis) is 1. The second kappa shape index (κ2) is 6.02. The van der Waals surface area contributed by atoms with Gasteiger partial charge in [0, 0.05) is 7.11 Å². The van der Waals surface area contributed by atoms with Crippen molar-refractivity contribution in [2.45, 2.75) is 12.5 Å². The number of nitrogens with one attached hydrogen (secondary N) is 1. The minimum Gasteiger partial charge on any atom is -0.479 e. The molecule has 6 heteroatoms. The van der Waals surface area contributed by atoms with E-state index in [1.165, 1.54) is 20.1 Å². The highest BCUT2D eigenvalue weighted by Crippen LogP contribution is 2.04. The maximum atomic E-state index is 11.1. The van der Waals surface area contributed by atoms with Gasteiger partial charge in [0.05, 0.1) is 6.61 Å². The van der Waals surface area contributed by atoms with Crippen LogP contribution >= 0.6 is 0 Å². The molecule has 0 radical (unpaired) electrons. The van der Waals surface area contributed by atoms with Crippen LogP contribution in [0.3, 0.4) is 0 Å². The lowest BCUT2D eigenvalue weighted by Gasteiger charge is -2.24. The van der Waals surface area contributed by atoms with Gasteiger partial charge >= 0.3 is 12.1 Å². The smallest absolute Gasteiger partial charge is 0.408 e. The third kappa shape index (κ3) is 4.46. The fourth-order valence-electron chi connectivity index (χ4n) is 0.836. The van der Waals surface area contributed by atoms with Gasteiger partial charge in [-0.15, -0.1) is 0 Å². The van der Waals surface area contributed by atoms with Crippen molar-refractivity contribution in [3.05, 3.63) is 12.7 Å². The molecule has 0 aliphatic carbocycles. The fraction of sp³-hybridized carbons (Fsp3) is 0.556. The maximum absolute atomic E-state index is 11.1. The Balaban J connectivity index is 4.34. The molecule has 0 bridgehead atoms. The van der Waals surface area contributed by atoms with E-state index in [1.54, 1.807) is 0 Å². The molecule has 0 aromatic heterocycles. The van der Waals surface area contributed by atoms with Gasteiger partial charge in [-0.3, -0.25) is 0 Å². The lowest BCUT2D eigenvalue weighted by molar-refractivity contribution is -0.146. The highest BCUT2D eigenvalue weighted by Gasteiger charge is 2.35. The molecular weight excluding hydrogens is 202 g/mol. The van der Waals surface area contributed by atoms with E-state index in [2.05, 4.69) is 16.6 Å². The minimum absolute atomic E-state index is 0.0223. The summed E-state index contributed by atoms with van der Waals surface area (Å²) >= 11 is 0. The second-order valence-electron chi connectivity index (χ2n) is 3.08. The Morgan fingerprint density at radius 2 is 2.20 bits per heavy atom. The number of carbonyl (C=O) groups is 2. The molecule has 0 saturated carbocycles. The molecule has 0 aliphatic rings. The molecule has 0 aromatic rings. The van der Waals surface area contributed by atoms with Crippen molar-refractivity contribution in [3.63, 3.8) is 0 Å². The molecule has 0 heterocycles. The summed E-state index contributed by atoms with van der Waals surface area (Å²) in [7, 11) is 1.35. The van der Waals surface area contributed by atoms with Crippen LogP contribution in [-0.4, -0.2) is 43.0 Å². The predicted molar refractivity (Wildman–Crippen MR) is 52.6 cm³/mol. The van der Waals surface area contributed by atoms with E-state index < -0.39 is 17.6 Å². The van der Waals surface area contributed by atoms with Crippen LogP contribution in [0.5, 0.6) is 0 Å². The van der Waals surface area contributed by atoms with Crippen molar-refractivity contribution >= 4 is 12.1 Å². The van der Waals surface area contributed by atoms with Gasteiger partial charge in [-0.1, -0.05) is 12.7 Å². The second-order valence-corrected chi connectivity index (χ2v) is 3.08. The Kier molecular flexibility index (Phi) is 5.40. The molecule has 86 valence electrons. The Labute approximate surface area is 87.9 Å².